The van der Waals surface area contributed by atoms with Gasteiger partial charge in [-0.1, -0.05) is 0 Å². The number of rotatable bonds is 1. The van der Waals surface area contributed by atoms with Crippen LogP contribution in [0.3, 0.4) is 0 Å². The normalized spacial score (nSPS) is 11.4. The van der Waals surface area contributed by atoms with Crippen LogP contribution in [0.4, 0.5) is 13.2 Å². The zero-order valence-electron chi connectivity index (χ0n) is 9.11. The largest absolute Gasteiger partial charge is 0.456 e. The monoisotopic (exact) mass is 232 g/mol. The Kier molecular flexibility index (Phi) is 3.26. The molecule has 0 N–H and O–H groups in total. The zero-order chi connectivity index (χ0) is 12.5. The molecule has 1 aromatic rings. The van der Waals surface area contributed by atoms with Crippen LogP contribution in [-0.2, 0) is 4.74 Å². The minimum Gasteiger partial charge on any atom is -0.456 e. The Labute approximate surface area is 91.0 Å². The lowest BCUT2D eigenvalue weighted by molar-refractivity contribution is 0.00635. The molecule has 0 spiro atoms. The summed E-state index contributed by atoms with van der Waals surface area (Å²) in [6, 6.07) is 1.53. The molecule has 0 aliphatic carbocycles. The van der Waals surface area contributed by atoms with E-state index in [9.17, 15) is 18.0 Å². The molecule has 0 bridgehead atoms. The van der Waals surface area contributed by atoms with E-state index in [0.717, 1.165) is 6.07 Å². The molecule has 0 saturated heterocycles. The van der Waals surface area contributed by atoms with E-state index >= 15 is 0 Å². The highest BCUT2D eigenvalue weighted by Gasteiger charge is 2.23. The van der Waals surface area contributed by atoms with Gasteiger partial charge in [0.15, 0.2) is 17.5 Å². The average Bonchev–Trinajstić information content (AvgIpc) is 2.11. The summed E-state index contributed by atoms with van der Waals surface area (Å²) in [5.41, 5.74) is -1.44. The van der Waals surface area contributed by atoms with Crippen LogP contribution >= 0.6 is 0 Å². The summed E-state index contributed by atoms with van der Waals surface area (Å²) in [7, 11) is 0. The molecule has 0 saturated carbocycles. The first kappa shape index (κ1) is 12.5. The van der Waals surface area contributed by atoms with Crippen LogP contribution in [0.5, 0.6) is 0 Å². The Bertz CT molecular complexity index is 422. The van der Waals surface area contributed by atoms with Crippen LogP contribution in [0.15, 0.2) is 12.1 Å². The highest BCUT2D eigenvalue weighted by Crippen LogP contribution is 2.18. The van der Waals surface area contributed by atoms with Crippen LogP contribution in [0, 0.1) is 17.5 Å². The highest BCUT2D eigenvalue weighted by molar-refractivity contribution is 5.90. The van der Waals surface area contributed by atoms with E-state index in [1.807, 2.05) is 0 Å². The molecular formula is C11H11F3O2. The van der Waals surface area contributed by atoms with Crippen molar-refractivity contribution in [1.82, 2.24) is 0 Å². The molecule has 0 atom stereocenters. The fraction of sp³-hybridized carbons (Fsp3) is 0.364. The number of carbonyl (C=O) groups is 1. The second-order valence-corrected chi connectivity index (χ2v) is 4.22. The van der Waals surface area contributed by atoms with Crippen molar-refractivity contribution in [3.63, 3.8) is 0 Å². The number of benzene rings is 1. The molecule has 1 rings (SSSR count). The van der Waals surface area contributed by atoms with E-state index in [-0.39, 0.29) is 0 Å². The minimum atomic E-state index is -1.68. The minimum absolute atomic E-state index is 0.617. The van der Waals surface area contributed by atoms with Crippen molar-refractivity contribution in [1.29, 1.82) is 0 Å². The zero-order valence-corrected chi connectivity index (χ0v) is 9.11. The van der Waals surface area contributed by atoms with E-state index in [4.69, 9.17) is 4.74 Å². The SMILES string of the molecule is CC(C)(C)OC(=O)c1ccc(F)c(F)c1F. The van der Waals surface area contributed by atoms with E-state index in [0.29, 0.717) is 6.07 Å². The van der Waals surface area contributed by atoms with Gasteiger partial charge in [0.2, 0.25) is 0 Å². The van der Waals surface area contributed by atoms with Crippen LogP contribution in [0.1, 0.15) is 31.1 Å². The maximum Gasteiger partial charge on any atom is 0.341 e. The first-order valence-electron chi connectivity index (χ1n) is 4.59. The molecule has 0 aromatic heterocycles. The maximum absolute atomic E-state index is 13.2. The van der Waals surface area contributed by atoms with Crippen molar-refractivity contribution in [3.8, 4) is 0 Å². The highest BCUT2D eigenvalue weighted by atomic mass is 19.2. The molecule has 88 valence electrons. The Balaban J connectivity index is 3.06. The average molecular weight is 232 g/mol. The molecular weight excluding hydrogens is 221 g/mol. The summed E-state index contributed by atoms with van der Waals surface area (Å²) in [6.07, 6.45) is 0. The third kappa shape index (κ3) is 2.74. The van der Waals surface area contributed by atoms with Gasteiger partial charge in [0, 0.05) is 0 Å². The van der Waals surface area contributed by atoms with Gasteiger partial charge in [-0.2, -0.15) is 0 Å². The molecule has 0 amide bonds. The standard InChI is InChI=1S/C11H11F3O2/c1-11(2,3)16-10(15)6-4-5-7(12)9(14)8(6)13/h4-5H,1-3H3. The number of esters is 1. The summed E-state index contributed by atoms with van der Waals surface area (Å²) in [6.45, 7) is 4.76. The van der Waals surface area contributed by atoms with Gasteiger partial charge in [-0.05, 0) is 32.9 Å². The molecule has 1 aromatic carbocycles. The van der Waals surface area contributed by atoms with Crippen LogP contribution < -0.4 is 0 Å². The molecule has 0 radical (unpaired) electrons. The van der Waals surface area contributed by atoms with Gasteiger partial charge in [0.1, 0.15) is 5.60 Å². The third-order valence-corrected chi connectivity index (χ3v) is 1.65. The number of carbonyl (C=O) groups excluding carboxylic acids is 1. The molecule has 0 fully saturated rings. The topological polar surface area (TPSA) is 26.3 Å². The van der Waals surface area contributed by atoms with Crippen molar-refractivity contribution in [3.05, 3.63) is 35.1 Å². The van der Waals surface area contributed by atoms with Gasteiger partial charge < -0.3 is 4.74 Å². The summed E-state index contributed by atoms with van der Waals surface area (Å²) in [4.78, 5) is 11.4. The van der Waals surface area contributed by atoms with Gasteiger partial charge in [0.25, 0.3) is 0 Å². The smallest absolute Gasteiger partial charge is 0.341 e. The van der Waals surface area contributed by atoms with Crippen LogP contribution in [0.2, 0.25) is 0 Å². The summed E-state index contributed by atoms with van der Waals surface area (Å²) in [5, 5.41) is 0. The Morgan fingerprint density at radius 2 is 1.69 bits per heavy atom. The quantitative estimate of drug-likeness (QED) is 0.549. The van der Waals surface area contributed by atoms with E-state index in [1.54, 1.807) is 20.8 Å². The molecule has 5 heteroatoms. The van der Waals surface area contributed by atoms with E-state index in [2.05, 4.69) is 0 Å². The van der Waals surface area contributed by atoms with Gasteiger partial charge in [0.05, 0.1) is 5.56 Å². The summed E-state index contributed by atoms with van der Waals surface area (Å²) >= 11 is 0. The second kappa shape index (κ2) is 4.15. The van der Waals surface area contributed by atoms with Gasteiger partial charge >= 0.3 is 5.97 Å². The fourth-order valence-corrected chi connectivity index (χ4v) is 1.02. The number of halogens is 3. The Morgan fingerprint density at radius 1 is 1.12 bits per heavy atom. The molecule has 0 aliphatic rings. The third-order valence-electron chi connectivity index (χ3n) is 1.65. The summed E-state index contributed by atoms with van der Waals surface area (Å²) < 4.78 is 43.4. The lowest BCUT2D eigenvalue weighted by atomic mass is 10.1. The van der Waals surface area contributed by atoms with Gasteiger partial charge in [-0.15, -0.1) is 0 Å². The van der Waals surface area contributed by atoms with Crippen molar-refractivity contribution in [2.24, 2.45) is 0 Å². The molecule has 2 nitrogen and oxygen atoms in total. The van der Waals surface area contributed by atoms with Gasteiger partial charge in [-0.3, -0.25) is 0 Å². The van der Waals surface area contributed by atoms with Crippen molar-refractivity contribution < 1.29 is 22.7 Å². The van der Waals surface area contributed by atoms with Crippen molar-refractivity contribution >= 4 is 5.97 Å². The second-order valence-electron chi connectivity index (χ2n) is 4.22. The lowest BCUT2D eigenvalue weighted by Crippen LogP contribution is -2.24. The van der Waals surface area contributed by atoms with Crippen molar-refractivity contribution in [2.45, 2.75) is 26.4 Å². The van der Waals surface area contributed by atoms with Crippen LogP contribution in [0.25, 0.3) is 0 Å². The maximum atomic E-state index is 13.2. The van der Waals surface area contributed by atoms with E-state index in [1.165, 1.54) is 0 Å². The first-order valence-corrected chi connectivity index (χ1v) is 4.59. The fourth-order valence-electron chi connectivity index (χ4n) is 1.02. The molecule has 0 unspecified atom stereocenters. The first-order chi connectivity index (χ1) is 7.22. The predicted octanol–water partition coefficient (Wildman–Crippen LogP) is 3.06. The number of ether oxygens (including phenoxy) is 1. The van der Waals surface area contributed by atoms with Crippen molar-refractivity contribution in [2.75, 3.05) is 0 Å². The number of hydrogen-bond acceptors (Lipinski definition) is 2. The molecule has 0 heterocycles. The lowest BCUT2D eigenvalue weighted by Gasteiger charge is -2.19. The molecule has 0 aliphatic heterocycles. The van der Waals surface area contributed by atoms with E-state index < -0.39 is 34.6 Å². The Hall–Kier alpha value is -1.52. The van der Waals surface area contributed by atoms with Gasteiger partial charge in [-0.25, -0.2) is 18.0 Å². The Morgan fingerprint density at radius 3 is 2.19 bits per heavy atom. The van der Waals surface area contributed by atoms with Crippen LogP contribution in [-0.4, -0.2) is 11.6 Å². The predicted molar refractivity (Wildman–Crippen MR) is 51.5 cm³/mol. The number of hydrogen-bond donors (Lipinski definition) is 0. The summed E-state index contributed by atoms with van der Waals surface area (Å²) in [5.74, 6) is -5.58. The molecule has 16 heavy (non-hydrogen) atoms.